The number of anilines is 1. The van der Waals surface area contributed by atoms with Crippen molar-refractivity contribution in [2.75, 3.05) is 24.5 Å². The van der Waals surface area contributed by atoms with Crippen LogP contribution in [0.5, 0.6) is 0 Å². The van der Waals surface area contributed by atoms with E-state index in [0.717, 1.165) is 18.9 Å². The third-order valence-corrected chi connectivity index (χ3v) is 2.18. The van der Waals surface area contributed by atoms with Crippen LogP contribution >= 0.6 is 0 Å². The molecule has 68 valence electrons. The quantitative estimate of drug-likeness (QED) is 0.724. The number of hydrogen-bond acceptors (Lipinski definition) is 3. The summed E-state index contributed by atoms with van der Waals surface area (Å²) in [5.74, 6) is 0.992. The Morgan fingerprint density at radius 2 is 2.08 bits per heavy atom. The number of hydrogen-bond donors (Lipinski definition) is 1. The number of nitrogens with zero attached hydrogens (tertiary/aromatic N) is 2. The summed E-state index contributed by atoms with van der Waals surface area (Å²) in [6.45, 7) is 2.34. The number of rotatable bonds is 2. The number of nitrogens with two attached hydrogens (primary N) is 1. The molecule has 1 heterocycles. The van der Waals surface area contributed by atoms with Crippen molar-refractivity contribution in [3.63, 3.8) is 0 Å². The standard InChI is InChI=1S/C10H13N3/c11-8-10-12-6-7-13(10)9-4-2-1-3-5-9/h1-5H,6-8,11H2. The molecule has 0 aromatic heterocycles. The average Bonchev–Trinajstić information content (AvgIpc) is 2.67. The fourth-order valence-electron chi connectivity index (χ4n) is 1.55. The molecule has 2 N–H and O–H groups in total. The van der Waals surface area contributed by atoms with Gasteiger partial charge in [-0.25, -0.2) is 0 Å². The lowest BCUT2D eigenvalue weighted by molar-refractivity contribution is 1.02. The summed E-state index contributed by atoms with van der Waals surface area (Å²) in [6, 6.07) is 10.2. The van der Waals surface area contributed by atoms with Gasteiger partial charge in [0.1, 0.15) is 5.84 Å². The first-order chi connectivity index (χ1) is 6.42. The topological polar surface area (TPSA) is 41.6 Å². The fourth-order valence-corrected chi connectivity index (χ4v) is 1.55. The minimum absolute atomic E-state index is 0.523. The molecule has 2 rings (SSSR count). The van der Waals surface area contributed by atoms with Crippen molar-refractivity contribution in [1.29, 1.82) is 0 Å². The Balaban J connectivity index is 2.23. The van der Waals surface area contributed by atoms with Crippen molar-refractivity contribution in [3.05, 3.63) is 30.3 Å². The smallest absolute Gasteiger partial charge is 0.117 e. The molecular weight excluding hydrogens is 162 g/mol. The lowest BCUT2D eigenvalue weighted by Crippen LogP contribution is -2.32. The van der Waals surface area contributed by atoms with Gasteiger partial charge in [-0.1, -0.05) is 18.2 Å². The molecule has 1 aromatic carbocycles. The molecule has 1 aromatic rings. The van der Waals surface area contributed by atoms with Crippen LogP contribution in [0.15, 0.2) is 35.3 Å². The third kappa shape index (κ3) is 1.55. The molecule has 0 unspecified atom stereocenters. The van der Waals surface area contributed by atoms with E-state index in [1.165, 1.54) is 5.69 Å². The Hall–Kier alpha value is -1.35. The van der Waals surface area contributed by atoms with Crippen LogP contribution in [0.25, 0.3) is 0 Å². The Labute approximate surface area is 77.9 Å². The first-order valence-electron chi connectivity index (χ1n) is 4.48. The van der Waals surface area contributed by atoms with Gasteiger partial charge in [-0.2, -0.15) is 0 Å². The van der Waals surface area contributed by atoms with Gasteiger partial charge >= 0.3 is 0 Å². The second kappa shape index (κ2) is 3.58. The van der Waals surface area contributed by atoms with Gasteiger partial charge < -0.3 is 10.6 Å². The van der Waals surface area contributed by atoms with E-state index in [1.807, 2.05) is 18.2 Å². The largest absolute Gasteiger partial charge is 0.327 e. The van der Waals surface area contributed by atoms with Crippen molar-refractivity contribution in [2.45, 2.75) is 0 Å². The van der Waals surface area contributed by atoms with Crippen LogP contribution in [0.3, 0.4) is 0 Å². The maximum atomic E-state index is 5.59. The van der Waals surface area contributed by atoms with Gasteiger partial charge in [0.2, 0.25) is 0 Å². The molecule has 1 aliphatic rings. The van der Waals surface area contributed by atoms with E-state index in [-0.39, 0.29) is 0 Å². The minimum Gasteiger partial charge on any atom is -0.327 e. The third-order valence-electron chi connectivity index (χ3n) is 2.18. The van der Waals surface area contributed by atoms with Crippen LogP contribution in [-0.2, 0) is 0 Å². The second-order valence-corrected chi connectivity index (χ2v) is 2.99. The molecule has 0 saturated heterocycles. The lowest BCUT2D eigenvalue weighted by atomic mass is 10.3. The maximum Gasteiger partial charge on any atom is 0.117 e. The molecule has 3 nitrogen and oxygen atoms in total. The van der Waals surface area contributed by atoms with E-state index in [0.29, 0.717) is 6.54 Å². The summed E-state index contributed by atoms with van der Waals surface area (Å²) in [5.41, 5.74) is 6.77. The van der Waals surface area contributed by atoms with E-state index < -0.39 is 0 Å². The molecule has 0 fully saturated rings. The molecule has 0 spiro atoms. The zero-order valence-electron chi connectivity index (χ0n) is 7.48. The van der Waals surface area contributed by atoms with E-state index >= 15 is 0 Å². The predicted molar refractivity (Wildman–Crippen MR) is 55.1 cm³/mol. The first-order valence-corrected chi connectivity index (χ1v) is 4.48. The molecule has 0 atom stereocenters. The number of amidine groups is 1. The summed E-state index contributed by atoms with van der Waals surface area (Å²) in [6.07, 6.45) is 0. The lowest BCUT2D eigenvalue weighted by Gasteiger charge is -2.19. The molecule has 13 heavy (non-hydrogen) atoms. The molecule has 0 saturated carbocycles. The summed E-state index contributed by atoms with van der Waals surface area (Å²) in [4.78, 5) is 6.50. The van der Waals surface area contributed by atoms with Crippen LogP contribution < -0.4 is 10.6 Å². The zero-order chi connectivity index (χ0) is 9.10. The van der Waals surface area contributed by atoms with Crippen LogP contribution in [0, 0.1) is 0 Å². The highest BCUT2D eigenvalue weighted by Gasteiger charge is 2.15. The van der Waals surface area contributed by atoms with Gasteiger partial charge in [-0.15, -0.1) is 0 Å². The van der Waals surface area contributed by atoms with Gasteiger partial charge in [0.15, 0.2) is 0 Å². The Morgan fingerprint density at radius 3 is 2.77 bits per heavy atom. The highest BCUT2D eigenvalue weighted by Crippen LogP contribution is 2.16. The van der Waals surface area contributed by atoms with Crippen LogP contribution in [0.1, 0.15) is 0 Å². The van der Waals surface area contributed by atoms with Crippen LogP contribution in [-0.4, -0.2) is 25.5 Å². The summed E-state index contributed by atoms with van der Waals surface area (Å²) < 4.78 is 0. The second-order valence-electron chi connectivity index (χ2n) is 2.99. The Bertz CT molecular complexity index is 305. The maximum absolute atomic E-state index is 5.59. The van der Waals surface area contributed by atoms with Gasteiger partial charge in [-0.3, -0.25) is 4.99 Å². The van der Waals surface area contributed by atoms with Crippen molar-refractivity contribution in [3.8, 4) is 0 Å². The highest BCUT2D eigenvalue weighted by molar-refractivity contribution is 6.00. The number of aliphatic imine (C=N–C) groups is 1. The van der Waals surface area contributed by atoms with Gasteiger partial charge in [0.05, 0.1) is 13.1 Å². The number of benzene rings is 1. The highest BCUT2D eigenvalue weighted by atomic mass is 15.2. The average molecular weight is 175 g/mol. The van der Waals surface area contributed by atoms with Crippen molar-refractivity contribution in [2.24, 2.45) is 10.7 Å². The zero-order valence-corrected chi connectivity index (χ0v) is 7.48. The monoisotopic (exact) mass is 175 g/mol. The van der Waals surface area contributed by atoms with Crippen molar-refractivity contribution in [1.82, 2.24) is 0 Å². The Morgan fingerprint density at radius 1 is 1.31 bits per heavy atom. The van der Waals surface area contributed by atoms with E-state index in [1.54, 1.807) is 0 Å². The molecule has 1 aliphatic heterocycles. The fraction of sp³-hybridized carbons (Fsp3) is 0.300. The molecular formula is C10H13N3. The van der Waals surface area contributed by atoms with Crippen LogP contribution in [0.4, 0.5) is 5.69 Å². The van der Waals surface area contributed by atoms with Gasteiger partial charge in [0.25, 0.3) is 0 Å². The molecule has 0 amide bonds. The summed E-state index contributed by atoms with van der Waals surface area (Å²) in [7, 11) is 0. The normalized spacial score (nSPS) is 16.1. The summed E-state index contributed by atoms with van der Waals surface area (Å²) in [5, 5.41) is 0. The first kappa shape index (κ1) is 8.26. The SMILES string of the molecule is NCC1=NCCN1c1ccccc1. The Kier molecular flexibility index (Phi) is 2.27. The van der Waals surface area contributed by atoms with E-state index in [4.69, 9.17) is 5.73 Å². The van der Waals surface area contributed by atoms with Crippen LogP contribution in [0.2, 0.25) is 0 Å². The number of para-hydroxylation sites is 1. The van der Waals surface area contributed by atoms with Crippen molar-refractivity contribution < 1.29 is 0 Å². The van der Waals surface area contributed by atoms with Crippen molar-refractivity contribution >= 4 is 11.5 Å². The van der Waals surface area contributed by atoms with Gasteiger partial charge in [0, 0.05) is 12.2 Å². The predicted octanol–water partition coefficient (Wildman–Crippen LogP) is 0.864. The molecule has 0 aliphatic carbocycles. The minimum atomic E-state index is 0.523. The summed E-state index contributed by atoms with van der Waals surface area (Å²) >= 11 is 0. The van der Waals surface area contributed by atoms with E-state index in [9.17, 15) is 0 Å². The molecule has 0 radical (unpaired) electrons. The van der Waals surface area contributed by atoms with Gasteiger partial charge in [-0.05, 0) is 12.1 Å². The molecule has 0 bridgehead atoms. The molecule has 3 heteroatoms. The van der Waals surface area contributed by atoms with E-state index in [2.05, 4.69) is 22.0 Å².